The van der Waals surface area contributed by atoms with Gasteiger partial charge >= 0.3 is 6.03 Å². The summed E-state index contributed by atoms with van der Waals surface area (Å²) in [5, 5.41) is 2.93. The Morgan fingerprint density at radius 2 is 1.91 bits per heavy atom. The molecule has 1 aliphatic carbocycles. The summed E-state index contributed by atoms with van der Waals surface area (Å²) in [5.41, 5.74) is 1.17. The van der Waals surface area contributed by atoms with Gasteiger partial charge in [-0.25, -0.2) is 9.18 Å². The highest BCUT2D eigenvalue weighted by atomic mass is 35.5. The standard InChI is InChI=1S/C25H26ClFN2O4/c1-2-32-22-14-16(12-19(26)23(22)33-15-17-8-6-7-11-20(17)27)13-21-24(30)29(25(31)28-21)18-9-4-3-5-10-18/h6-8,11-14,18H,2-5,9-10,15H2,1H3,(H,28,31)/b21-13-. The molecular formula is C25H26ClFN2O4. The van der Waals surface area contributed by atoms with Crippen molar-refractivity contribution in [3.05, 3.63) is 64.1 Å². The summed E-state index contributed by atoms with van der Waals surface area (Å²) in [7, 11) is 0. The number of nitrogens with zero attached hydrogens (tertiary/aromatic N) is 1. The van der Waals surface area contributed by atoms with Crippen LogP contribution in [0.2, 0.25) is 5.02 Å². The van der Waals surface area contributed by atoms with Crippen molar-refractivity contribution in [2.45, 2.75) is 51.7 Å². The predicted octanol–water partition coefficient (Wildman–Crippen LogP) is 5.68. The fraction of sp³-hybridized carbons (Fsp3) is 0.360. The van der Waals surface area contributed by atoms with E-state index in [1.54, 1.807) is 36.4 Å². The number of nitrogens with one attached hydrogen (secondary N) is 1. The van der Waals surface area contributed by atoms with Crippen molar-refractivity contribution in [1.29, 1.82) is 0 Å². The first kappa shape index (κ1) is 23.1. The molecule has 0 radical (unpaired) electrons. The normalized spacial score (nSPS) is 18.0. The molecule has 2 aromatic rings. The van der Waals surface area contributed by atoms with Crippen molar-refractivity contribution in [2.75, 3.05) is 6.61 Å². The zero-order valence-electron chi connectivity index (χ0n) is 18.4. The summed E-state index contributed by atoms with van der Waals surface area (Å²) >= 11 is 6.47. The van der Waals surface area contributed by atoms with Crippen molar-refractivity contribution >= 4 is 29.6 Å². The van der Waals surface area contributed by atoms with Gasteiger partial charge in [-0.2, -0.15) is 0 Å². The van der Waals surface area contributed by atoms with Crippen LogP contribution in [0.5, 0.6) is 11.5 Å². The number of hydrogen-bond acceptors (Lipinski definition) is 4. The highest BCUT2D eigenvalue weighted by Gasteiger charge is 2.39. The third kappa shape index (κ3) is 5.14. The average molecular weight is 473 g/mol. The Kier molecular flexibility index (Phi) is 7.18. The van der Waals surface area contributed by atoms with E-state index in [-0.39, 0.29) is 46.9 Å². The van der Waals surface area contributed by atoms with E-state index in [9.17, 15) is 14.0 Å². The van der Waals surface area contributed by atoms with E-state index < -0.39 is 0 Å². The van der Waals surface area contributed by atoms with Crippen LogP contribution in [0, 0.1) is 5.82 Å². The Balaban J connectivity index is 1.57. The SMILES string of the molecule is CCOc1cc(/C=C2\NC(=O)N(C3CCCCC3)C2=O)cc(Cl)c1OCc1ccccc1F. The molecule has 174 valence electrons. The van der Waals surface area contributed by atoms with Crippen LogP contribution >= 0.6 is 11.6 Å². The van der Waals surface area contributed by atoms with Crippen molar-refractivity contribution in [2.24, 2.45) is 0 Å². The maximum absolute atomic E-state index is 13.9. The lowest BCUT2D eigenvalue weighted by molar-refractivity contribution is -0.124. The lowest BCUT2D eigenvalue weighted by atomic mass is 9.94. The van der Waals surface area contributed by atoms with E-state index in [0.29, 0.717) is 23.5 Å². The molecule has 0 unspecified atom stereocenters. The Hall–Kier alpha value is -3.06. The van der Waals surface area contributed by atoms with E-state index >= 15 is 0 Å². The van der Waals surface area contributed by atoms with Gasteiger partial charge in [-0.3, -0.25) is 9.69 Å². The number of imide groups is 1. The summed E-state index contributed by atoms with van der Waals surface area (Å²) in [6.45, 7) is 2.16. The third-order valence-electron chi connectivity index (χ3n) is 5.82. The number of benzene rings is 2. The van der Waals surface area contributed by atoms with Crippen LogP contribution in [0.25, 0.3) is 6.08 Å². The van der Waals surface area contributed by atoms with Crippen molar-refractivity contribution in [1.82, 2.24) is 10.2 Å². The number of carbonyl (C=O) groups excluding carboxylic acids is 2. The van der Waals surface area contributed by atoms with Gasteiger partial charge in [0.15, 0.2) is 11.5 Å². The molecular weight excluding hydrogens is 447 g/mol. The highest BCUT2D eigenvalue weighted by molar-refractivity contribution is 6.32. The molecule has 0 aromatic heterocycles. The minimum Gasteiger partial charge on any atom is -0.490 e. The molecule has 3 amide bonds. The molecule has 6 nitrogen and oxygen atoms in total. The lowest BCUT2D eigenvalue weighted by Crippen LogP contribution is -2.41. The third-order valence-corrected chi connectivity index (χ3v) is 6.10. The molecule has 2 aliphatic rings. The molecule has 1 saturated heterocycles. The van der Waals surface area contributed by atoms with Crippen LogP contribution in [-0.4, -0.2) is 29.5 Å². The summed E-state index contributed by atoms with van der Waals surface area (Å²) in [5.74, 6) is -0.0459. The molecule has 1 saturated carbocycles. The van der Waals surface area contributed by atoms with E-state index in [2.05, 4.69) is 5.32 Å². The summed E-state index contributed by atoms with van der Waals surface area (Å²) in [6, 6.07) is 9.19. The molecule has 2 aromatic carbocycles. The number of ether oxygens (including phenoxy) is 2. The van der Waals surface area contributed by atoms with Crippen LogP contribution < -0.4 is 14.8 Å². The number of rotatable bonds is 7. The van der Waals surface area contributed by atoms with Crippen molar-refractivity contribution < 1.29 is 23.5 Å². The summed E-state index contributed by atoms with van der Waals surface area (Å²) in [4.78, 5) is 26.7. The topological polar surface area (TPSA) is 67.9 Å². The Morgan fingerprint density at radius 1 is 1.15 bits per heavy atom. The molecule has 8 heteroatoms. The molecule has 0 spiro atoms. The van der Waals surface area contributed by atoms with E-state index in [1.807, 2.05) is 6.92 Å². The number of urea groups is 1. The average Bonchev–Trinajstić information content (AvgIpc) is 3.07. The van der Waals surface area contributed by atoms with Gasteiger partial charge in [0.05, 0.1) is 11.6 Å². The molecule has 1 aliphatic heterocycles. The van der Waals surface area contributed by atoms with Gasteiger partial charge in [0.25, 0.3) is 5.91 Å². The van der Waals surface area contributed by atoms with Crippen LogP contribution in [-0.2, 0) is 11.4 Å². The first-order valence-electron chi connectivity index (χ1n) is 11.2. The molecule has 1 N–H and O–H groups in total. The van der Waals surface area contributed by atoms with E-state index in [1.165, 1.54) is 11.0 Å². The monoisotopic (exact) mass is 472 g/mol. The number of carbonyl (C=O) groups is 2. The molecule has 2 fully saturated rings. The molecule has 0 bridgehead atoms. The van der Waals surface area contributed by atoms with E-state index in [0.717, 1.165) is 32.1 Å². The highest BCUT2D eigenvalue weighted by Crippen LogP contribution is 2.38. The summed E-state index contributed by atoms with van der Waals surface area (Å²) < 4.78 is 25.4. The van der Waals surface area contributed by atoms with Gasteiger partial charge in [0.2, 0.25) is 0 Å². The van der Waals surface area contributed by atoms with Crippen molar-refractivity contribution in [3.63, 3.8) is 0 Å². The Bertz CT molecular complexity index is 1080. The fourth-order valence-corrected chi connectivity index (χ4v) is 4.50. The number of hydrogen-bond donors (Lipinski definition) is 1. The molecule has 0 atom stereocenters. The quantitative estimate of drug-likeness (QED) is 0.415. The smallest absolute Gasteiger partial charge is 0.329 e. The minimum absolute atomic E-state index is 0.0161. The lowest BCUT2D eigenvalue weighted by Gasteiger charge is -2.28. The van der Waals surface area contributed by atoms with Gasteiger partial charge in [0, 0.05) is 11.6 Å². The van der Waals surface area contributed by atoms with Crippen LogP contribution in [0.3, 0.4) is 0 Å². The largest absolute Gasteiger partial charge is 0.490 e. The predicted molar refractivity (Wildman–Crippen MR) is 124 cm³/mol. The van der Waals surface area contributed by atoms with Crippen LogP contribution in [0.15, 0.2) is 42.1 Å². The molecule has 1 heterocycles. The van der Waals surface area contributed by atoms with Gasteiger partial charge in [-0.15, -0.1) is 0 Å². The Labute approximate surface area is 197 Å². The van der Waals surface area contributed by atoms with Gasteiger partial charge < -0.3 is 14.8 Å². The summed E-state index contributed by atoms with van der Waals surface area (Å²) in [6.07, 6.45) is 6.41. The first-order valence-corrected chi connectivity index (χ1v) is 11.5. The maximum Gasteiger partial charge on any atom is 0.329 e. The van der Waals surface area contributed by atoms with Gasteiger partial charge in [-0.05, 0) is 49.6 Å². The second kappa shape index (κ2) is 10.3. The molecule has 33 heavy (non-hydrogen) atoms. The zero-order chi connectivity index (χ0) is 23.4. The second-order valence-corrected chi connectivity index (χ2v) is 8.51. The molecule has 4 rings (SSSR count). The fourth-order valence-electron chi connectivity index (χ4n) is 4.23. The van der Waals surface area contributed by atoms with Crippen molar-refractivity contribution in [3.8, 4) is 11.5 Å². The van der Waals surface area contributed by atoms with Gasteiger partial charge in [0.1, 0.15) is 18.1 Å². The number of amides is 3. The Morgan fingerprint density at radius 3 is 2.64 bits per heavy atom. The van der Waals surface area contributed by atoms with E-state index in [4.69, 9.17) is 21.1 Å². The van der Waals surface area contributed by atoms with Crippen LogP contribution in [0.1, 0.15) is 50.2 Å². The number of halogens is 2. The first-order chi connectivity index (χ1) is 16.0. The van der Waals surface area contributed by atoms with Gasteiger partial charge in [-0.1, -0.05) is 49.1 Å². The van der Waals surface area contributed by atoms with Crippen LogP contribution in [0.4, 0.5) is 9.18 Å². The minimum atomic E-state index is -0.390. The second-order valence-electron chi connectivity index (χ2n) is 8.10. The maximum atomic E-state index is 13.9. The zero-order valence-corrected chi connectivity index (χ0v) is 19.2.